The molecule has 0 unspecified atom stereocenters. The van der Waals surface area contributed by atoms with Gasteiger partial charge in [0.05, 0.1) is 34.6 Å². The Kier molecular flexibility index (Phi) is 6.12. The first-order chi connectivity index (χ1) is 13.7. The Balaban J connectivity index is 1.55. The van der Waals surface area contributed by atoms with E-state index in [-0.39, 0.29) is 23.9 Å². The van der Waals surface area contributed by atoms with E-state index in [9.17, 15) is 22.8 Å². The van der Waals surface area contributed by atoms with E-state index in [2.05, 4.69) is 15.3 Å². The summed E-state index contributed by atoms with van der Waals surface area (Å²) < 4.78 is 39.0. The van der Waals surface area contributed by atoms with Crippen molar-refractivity contribution < 1.29 is 22.8 Å². The average Bonchev–Trinajstić information content (AvgIpc) is 3.08. The molecule has 0 saturated carbocycles. The zero-order valence-corrected chi connectivity index (χ0v) is 16.1. The number of alkyl halides is 3. The second kappa shape index (κ2) is 8.56. The summed E-state index contributed by atoms with van der Waals surface area (Å²) in [6, 6.07) is 12.1. The Hall–Kier alpha value is -3.01. The number of aromatic nitrogens is 2. The number of hydrogen-bond acceptors (Lipinski definition) is 4. The number of benzene rings is 2. The minimum Gasteiger partial charge on any atom is -0.336 e. The maximum Gasteiger partial charge on any atom is 0.418 e. The SMILES string of the molecule is CN(CC(=O)Nc1ccccc1C(F)(F)F)C(=O)CSc1nc2ccccc2[nH]1. The molecule has 0 atom stereocenters. The van der Waals surface area contributed by atoms with Crippen LogP contribution in [0, 0.1) is 0 Å². The molecule has 0 saturated heterocycles. The molecule has 0 aliphatic carbocycles. The molecule has 29 heavy (non-hydrogen) atoms. The van der Waals surface area contributed by atoms with Crippen molar-refractivity contribution in [3.05, 3.63) is 54.1 Å². The second-order valence-electron chi connectivity index (χ2n) is 6.19. The van der Waals surface area contributed by atoms with Crippen LogP contribution in [0.1, 0.15) is 5.56 Å². The number of para-hydroxylation sites is 3. The van der Waals surface area contributed by atoms with Gasteiger partial charge in [0.25, 0.3) is 0 Å². The van der Waals surface area contributed by atoms with Gasteiger partial charge in [-0.25, -0.2) is 4.98 Å². The zero-order chi connectivity index (χ0) is 21.0. The standard InChI is InChI=1S/C19H17F3N4O2S/c1-26(10-16(27)23-13-7-3-2-6-12(13)19(20,21)22)17(28)11-29-18-24-14-8-4-5-9-15(14)25-18/h2-9H,10-11H2,1H3,(H,23,27)(H,24,25). The van der Waals surface area contributed by atoms with Gasteiger partial charge >= 0.3 is 6.18 Å². The summed E-state index contributed by atoms with van der Waals surface area (Å²) in [7, 11) is 1.41. The normalized spacial score (nSPS) is 11.4. The lowest BCUT2D eigenvalue weighted by atomic mass is 10.1. The van der Waals surface area contributed by atoms with Crippen molar-refractivity contribution in [3.8, 4) is 0 Å². The highest BCUT2D eigenvalue weighted by Crippen LogP contribution is 2.34. The highest BCUT2D eigenvalue weighted by Gasteiger charge is 2.33. The zero-order valence-electron chi connectivity index (χ0n) is 15.3. The molecule has 0 radical (unpaired) electrons. The number of halogens is 3. The fraction of sp³-hybridized carbons (Fsp3) is 0.211. The summed E-state index contributed by atoms with van der Waals surface area (Å²) in [6.07, 6.45) is -4.59. The van der Waals surface area contributed by atoms with Crippen molar-refractivity contribution in [1.29, 1.82) is 0 Å². The molecule has 0 aliphatic rings. The highest BCUT2D eigenvalue weighted by molar-refractivity contribution is 7.99. The van der Waals surface area contributed by atoms with Gasteiger partial charge in [-0.05, 0) is 24.3 Å². The third-order valence-corrected chi connectivity index (χ3v) is 4.87. The van der Waals surface area contributed by atoms with Gasteiger partial charge in [-0.15, -0.1) is 0 Å². The molecular formula is C19H17F3N4O2S. The topological polar surface area (TPSA) is 78.1 Å². The number of likely N-dealkylation sites (N-methyl/N-ethyl adjacent to an activating group) is 1. The number of aromatic amines is 1. The fourth-order valence-electron chi connectivity index (χ4n) is 2.57. The monoisotopic (exact) mass is 422 g/mol. The Morgan fingerprint density at radius 1 is 1.14 bits per heavy atom. The van der Waals surface area contributed by atoms with Crippen molar-refractivity contribution in [2.24, 2.45) is 0 Å². The van der Waals surface area contributed by atoms with Crippen molar-refractivity contribution in [2.75, 3.05) is 24.7 Å². The Labute approximate surface area is 168 Å². The molecule has 10 heteroatoms. The van der Waals surface area contributed by atoms with Crippen molar-refractivity contribution >= 4 is 40.3 Å². The van der Waals surface area contributed by atoms with Crippen LogP contribution in [0.3, 0.4) is 0 Å². The maximum absolute atomic E-state index is 13.0. The minimum atomic E-state index is -4.59. The third kappa shape index (κ3) is 5.29. The number of carbonyl (C=O) groups excluding carboxylic acids is 2. The van der Waals surface area contributed by atoms with Gasteiger partial charge in [0, 0.05) is 7.05 Å². The van der Waals surface area contributed by atoms with Crippen LogP contribution < -0.4 is 5.32 Å². The average molecular weight is 422 g/mol. The molecule has 2 N–H and O–H groups in total. The van der Waals surface area contributed by atoms with E-state index in [1.165, 1.54) is 37.0 Å². The first kappa shape index (κ1) is 20.7. The lowest BCUT2D eigenvalue weighted by Crippen LogP contribution is -2.36. The van der Waals surface area contributed by atoms with E-state index in [4.69, 9.17) is 0 Å². The first-order valence-electron chi connectivity index (χ1n) is 8.51. The maximum atomic E-state index is 13.0. The van der Waals surface area contributed by atoms with Gasteiger partial charge in [0.1, 0.15) is 0 Å². The second-order valence-corrected chi connectivity index (χ2v) is 7.15. The Bertz CT molecular complexity index is 1000. The van der Waals surface area contributed by atoms with Gasteiger partial charge in [-0.2, -0.15) is 13.2 Å². The molecule has 3 rings (SSSR count). The molecule has 152 valence electrons. The molecule has 1 heterocycles. The van der Waals surface area contributed by atoms with E-state index in [1.807, 2.05) is 24.3 Å². The Morgan fingerprint density at radius 3 is 2.55 bits per heavy atom. The molecule has 3 aromatic rings. The number of thioether (sulfide) groups is 1. The number of carbonyl (C=O) groups is 2. The van der Waals surface area contributed by atoms with Crippen LogP contribution in [-0.2, 0) is 15.8 Å². The number of rotatable bonds is 6. The third-order valence-electron chi connectivity index (χ3n) is 4.01. The van der Waals surface area contributed by atoms with Crippen molar-refractivity contribution in [2.45, 2.75) is 11.3 Å². The minimum absolute atomic E-state index is 0.0305. The molecular weight excluding hydrogens is 405 g/mol. The molecule has 0 aliphatic heterocycles. The largest absolute Gasteiger partial charge is 0.418 e. The van der Waals surface area contributed by atoms with Crippen LogP contribution in [0.25, 0.3) is 11.0 Å². The van der Waals surface area contributed by atoms with Crippen LogP contribution in [-0.4, -0.2) is 46.0 Å². The number of fused-ring (bicyclic) bond motifs is 1. The molecule has 0 spiro atoms. The summed E-state index contributed by atoms with van der Waals surface area (Å²) in [6.45, 7) is -0.369. The molecule has 0 fully saturated rings. The smallest absolute Gasteiger partial charge is 0.336 e. The van der Waals surface area contributed by atoms with E-state index >= 15 is 0 Å². The molecule has 0 bridgehead atoms. The predicted octanol–water partition coefficient (Wildman–Crippen LogP) is 3.77. The molecule has 6 nitrogen and oxygen atoms in total. The van der Waals surface area contributed by atoms with Crippen LogP contribution in [0.15, 0.2) is 53.7 Å². The van der Waals surface area contributed by atoms with Crippen molar-refractivity contribution in [1.82, 2.24) is 14.9 Å². The van der Waals surface area contributed by atoms with Crippen LogP contribution in [0.5, 0.6) is 0 Å². The predicted molar refractivity (Wildman–Crippen MR) is 105 cm³/mol. The van der Waals surface area contributed by atoms with Crippen LogP contribution in [0.2, 0.25) is 0 Å². The first-order valence-corrected chi connectivity index (χ1v) is 9.50. The van der Waals surface area contributed by atoms with Gasteiger partial charge in [-0.1, -0.05) is 36.0 Å². The van der Waals surface area contributed by atoms with E-state index in [0.29, 0.717) is 5.16 Å². The lowest BCUT2D eigenvalue weighted by molar-refractivity contribution is -0.137. The Morgan fingerprint density at radius 2 is 1.83 bits per heavy atom. The lowest BCUT2D eigenvalue weighted by Gasteiger charge is -2.18. The molecule has 1 aromatic heterocycles. The van der Waals surface area contributed by atoms with E-state index < -0.39 is 17.6 Å². The van der Waals surface area contributed by atoms with Crippen LogP contribution >= 0.6 is 11.8 Å². The summed E-state index contributed by atoms with van der Waals surface area (Å²) in [5.41, 5.74) is 0.335. The van der Waals surface area contributed by atoms with Crippen molar-refractivity contribution in [3.63, 3.8) is 0 Å². The summed E-state index contributed by atoms with van der Waals surface area (Å²) in [5.74, 6) is -1.04. The van der Waals surface area contributed by atoms with Gasteiger partial charge in [0.15, 0.2) is 5.16 Å². The molecule has 2 amide bonds. The summed E-state index contributed by atoms with van der Waals surface area (Å²) in [4.78, 5) is 32.9. The number of hydrogen-bond donors (Lipinski definition) is 2. The number of H-pyrrole nitrogens is 1. The number of nitrogens with zero attached hydrogens (tertiary/aromatic N) is 2. The quantitative estimate of drug-likeness (QED) is 0.593. The highest BCUT2D eigenvalue weighted by atomic mass is 32.2. The van der Waals surface area contributed by atoms with Gasteiger partial charge < -0.3 is 15.2 Å². The van der Waals surface area contributed by atoms with E-state index in [0.717, 1.165) is 22.0 Å². The van der Waals surface area contributed by atoms with Crippen LogP contribution in [0.4, 0.5) is 18.9 Å². The summed E-state index contributed by atoms with van der Waals surface area (Å²) >= 11 is 1.18. The molecule has 2 aromatic carbocycles. The van der Waals surface area contributed by atoms with Gasteiger partial charge in [-0.3, -0.25) is 9.59 Å². The fourth-order valence-corrected chi connectivity index (χ4v) is 3.40. The number of amides is 2. The number of nitrogens with one attached hydrogen (secondary N) is 2. The number of anilines is 1. The summed E-state index contributed by atoms with van der Waals surface area (Å²) in [5, 5.41) is 2.78. The van der Waals surface area contributed by atoms with Gasteiger partial charge in [0.2, 0.25) is 11.8 Å². The number of imidazole rings is 1. The van der Waals surface area contributed by atoms with E-state index in [1.54, 1.807) is 0 Å².